The summed E-state index contributed by atoms with van der Waals surface area (Å²) >= 11 is 5.86. The van der Waals surface area contributed by atoms with Crippen molar-refractivity contribution in [3.05, 3.63) is 70.8 Å². The number of carbonyl (C=O) groups is 2. The molecule has 26 heavy (non-hydrogen) atoms. The van der Waals surface area contributed by atoms with Crippen LogP contribution in [0.4, 0.5) is 11.4 Å². The van der Waals surface area contributed by atoms with Crippen LogP contribution >= 0.6 is 11.6 Å². The van der Waals surface area contributed by atoms with Gasteiger partial charge in [-0.3, -0.25) is 9.59 Å². The minimum absolute atomic E-state index is 0.162. The summed E-state index contributed by atoms with van der Waals surface area (Å²) in [7, 11) is 2.02. The smallest absolute Gasteiger partial charge is 0.257 e. The van der Waals surface area contributed by atoms with Gasteiger partial charge in [0.05, 0.1) is 11.3 Å². The number of carbonyl (C=O) groups excluding carboxylic acids is 2. The van der Waals surface area contributed by atoms with E-state index in [1.54, 1.807) is 48.5 Å². The molecule has 0 spiro atoms. The van der Waals surface area contributed by atoms with E-state index in [0.29, 0.717) is 28.4 Å². The summed E-state index contributed by atoms with van der Waals surface area (Å²) in [4.78, 5) is 27.2. The monoisotopic (exact) mass is 369 g/mol. The lowest BCUT2D eigenvalue weighted by atomic mass is 10.1. The van der Waals surface area contributed by atoms with Crippen LogP contribution in [0.2, 0.25) is 5.02 Å². The highest BCUT2D eigenvalue weighted by Gasteiger charge is 2.18. The van der Waals surface area contributed by atoms with Crippen LogP contribution < -0.4 is 10.6 Å². The van der Waals surface area contributed by atoms with Crippen molar-refractivity contribution in [2.24, 2.45) is 0 Å². The molecule has 1 aliphatic heterocycles. The molecule has 2 aromatic carbocycles. The Morgan fingerprint density at radius 2 is 1.73 bits per heavy atom. The Hall–Kier alpha value is -2.63. The summed E-state index contributed by atoms with van der Waals surface area (Å²) in [6.07, 6.45) is 2.62. The first kappa shape index (κ1) is 18.2. The molecule has 0 aromatic heterocycles. The number of halogens is 1. The van der Waals surface area contributed by atoms with E-state index >= 15 is 0 Å². The molecule has 6 heteroatoms. The number of nitrogens with one attached hydrogen (secondary N) is 2. The summed E-state index contributed by atoms with van der Waals surface area (Å²) in [6.45, 7) is 1.60. The molecule has 0 unspecified atom stereocenters. The molecule has 0 aliphatic carbocycles. The van der Waals surface area contributed by atoms with E-state index in [1.807, 2.05) is 13.1 Å². The zero-order valence-electron chi connectivity index (χ0n) is 14.5. The van der Waals surface area contributed by atoms with E-state index in [0.717, 1.165) is 18.7 Å². The van der Waals surface area contributed by atoms with Gasteiger partial charge >= 0.3 is 0 Å². The van der Waals surface area contributed by atoms with Crippen molar-refractivity contribution in [2.75, 3.05) is 30.8 Å². The van der Waals surface area contributed by atoms with Gasteiger partial charge in [-0.05, 0) is 49.9 Å². The van der Waals surface area contributed by atoms with E-state index in [2.05, 4.69) is 15.5 Å². The summed E-state index contributed by atoms with van der Waals surface area (Å²) < 4.78 is 0. The fourth-order valence-corrected chi connectivity index (χ4v) is 2.83. The maximum atomic E-state index is 12.6. The zero-order chi connectivity index (χ0) is 18.5. The lowest BCUT2D eigenvalue weighted by Crippen LogP contribution is -2.28. The van der Waals surface area contributed by atoms with Gasteiger partial charge in [0.2, 0.25) is 0 Å². The number of anilines is 2. The normalized spacial score (nSPS) is 14.5. The first-order chi connectivity index (χ1) is 12.5. The molecule has 0 saturated carbocycles. The number of nitrogens with zero attached hydrogens (tertiary/aromatic N) is 1. The molecule has 134 valence electrons. The third-order valence-electron chi connectivity index (χ3n) is 4.23. The van der Waals surface area contributed by atoms with Gasteiger partial charge in [0, 0.05) is 29.4 Å². The predicted molar refractivity (Wildman–Crippen MR) is 105 cm³/mol. The topological polar surface area (TPSA) is 61.4 Å². The van der Waals surface area contributed by atoms with Crippen LogP contribution in [-0.2, 0) is 4.79 Å². The van der Waals surface area contributed by atoms with Gasteiger partial charge in [0.15, 0.2) is 0 Å². The van der Waals surface area contributed by atoms with Crippen molar-refractivity contribution in [3.8, 4) is 0 Å². The Labute approximate surface area is 157 Å². The highest BCUT2D eigenvalue weighted by Crippen LogP contribution is 2.20. The van der Waals surface area contributed by atoms with Crippen LogP contribution in [0.3, 0.4) is 0 Å². The second-order valence-corrected chi connectivity index (χ2v) is 6.64. The number of hydrogen-bond donors (Lipinski definition) is 2. The Kier molecular flexibility index (Phi) is 5.71. The number of hydrogen-bond acceptors (Lipinski definition) is 3. The van der Waals surface area contributed by atoms with Crippen molar-refractivity contribution in [3.63, 3.8) is 0 Å². The average Bonchev–Trinajstić information content (AvgIpc) is 2.64. The minimum Gasteiger partial charge on any atom is -0.322 e. The van der Waals surface area contributed by atoms with Crippen molar-refractivity contribution in [1.82, 2.24) is 4.90 Å². The van der Waals surface area contributed by atoms with Crippen molar-refractivity contribution >= 4 is 34.8 Å². The Morgan fingerprint density at radius 3 is 2.42 bits per heavy atom. The van der Waals surface area contributed by atoms with Crippen LogP contribution in [0.25, 0.3) is 0 Å². The van der Waals surface area contributed by atoms with Gasteiger partial charge in [-0.25, -0.2) is 0 Å². The number of benzene rings is 2. The molecule has 0 radical (unpaired) electrons. The lowest BCUT2D eigenvalue weighted by molar-refractivity contribution is -0.113. The molecule has 0 fully saturated rings. The molecule has 1 aliphatic rings. The summed E-state index contributed by atoms with van der Waals surface area (Å²) in [5, 5.41) is 6.28. The van der Waals surface area contributed by atoms with E-state index in [9.17, 15) is 9.59 Å². The van der Waals surface area contributed by atoms with Crippen molar-refractivity contribution < 1.29 is 9.59 Å². The summed E-state index contributed by atoms with van der Waals surface area (Å²) in [5.41, 5.74) is 2.28. The third kappa shape index (κ3) is 4.50. The summed E-state index contributed by atoms with van der Waals surface area (Å²) in [5.74, 6) is -0.453. The largest absolute Gasteiger partial charge is 0.322 e. The molecular weight excluding hydrogens is 350 g/mol. The average molecular weight is 370 g/mol. The second kappa shape index (κ2) is 8.17. The fourth-order valence-electron chi connectivity index (χ4n) is 2.70. The standard InChI is InChI=1S/C20H20ClN3O2/c1-24-12-10-14(11-13-24)19(25)23-18-5-3-2-4-17(18)20(26)22-16-8-6-15(21)7-9-16/h2-10H,11-13H2,1H3,(H,22,26)(H,23,25). The van der Waals surface area contributed by atoms with Gasteiger partial charge in [0.1, 0.15) is 0 Å². The maximum Gasteiger partial charge on any atom is 0.257 e. The van der Waals surface area contributed by atoms with E-state index < -0.39 is 0 Å². The van der Waals surface area contributed by atoms with Crippen LogP contribution in [0.15, 0.2) is 60.2 Å². The van der Waals surface area contributed by atoms with Crippen LogP contribution in [0.5, 0.6) is 0 Å². The van der Waals surface area contributed by atoms with Crippen LogP contribution in [0, 0.1) is 0 Å². The number of rotatable bonds is 4. The Balaban J connectivity index is 1.74. The number of likely N-dealkylation sites (N-methyl/N-ethyl adjacent to an activating group) is 1. The van der Waals surface area contributed by atoms with Gasteiger partial charge in [-0.1, -0.05) is 29.8 Å². The van der Waals surface area contributed by atoms with Crippen LogP contribution in [0.1, 0.15) is 16.8 Å². The van der Waals surface area contributed by atoms with Gasteiger partial charge in [-0.15, -0.1) is 0 Å². The first-order valence-corrected chi connectivity index (χ1v) is 8.75. The molecule has 2 amide bonds. The van der Waals surface area contributed by atoms with E-state index in [-0.39, 0.29) is 11.8 Å². The Bertz CT molecular complexity index is 846. The SMILES string of the molecule is CN1CC=C(C(=O)Nc2ccccc2C(=O)Nc2ccc(Cl)cc2)CC1. The van der Waals surface area contributed by atoms with E-state index in [4.69, 9.17) is 11.6 Å². The minimum atomic E-state index is -0.291. The van der Waals surface area contributed by atoms with Gasteiger partial charge in [0.25, 0.3) is 11.8 Å². The maximum absolute atomic E-state index is 12.6. The molecular formula is C20H20ClN3O2. The fraction of sp³-hybridized carbons (Fsp3) is 0.200. The predicted octanol–water partition coefficient (Wildman–Crippen LogP) is 3.79. The second-order valence-electron chi connectivity index (χ2n) is 6.20. The number of para-hydroxylation sites is 1. The quantitative estimate of drug-likeness (QED) is 0.861. The van der Waals surface area contributed by atoms with Gasteiger partial charge < -0.3 is 15.5 Å². The molecule has 0 atom stereocenters. The first-order valence-electron chi connectivity index (χ1n) is 8.38. The number of amides is 2. The van der Waals surface area contributed by atoms with Crippen LogP contribution in [-0.4, -0.2) is 36.9 Å². The highest BCUT2D eigenvalue weighted by atomic mass is 35.5. The van der Waals surface area contributed by atoms with Crippen molar-refractivity contribution in [1.29, 1.82) is 0 Å². The van der Waals surface area contributed by atoms with Crippen molar-refractivity contribution in [2.45, 2.75) is 6.42 Å². The highest BCUT2D eigenvalue weighted by molar-refractivity contribution is 6.30. The van der Waals surface area contributed by atoms with Gasteiger partial charge in [-0.2, -0.15) is 0 Å². The molecule has 3 rings (SSSR count). The molecule has 5 nitrogen and oxygen atoms in total. The molecule has 0 bridgehead atoms. The third-order valence-corrected chi connectivity index (χ3v) is 4.48. The lowest BCUT2D eigenvalue weighted by Gasteiger charge is -2.21. The molecule has 2 aromatic rings. The molecule has 2 N–H and O–H groups in total. The summed E-state index contributed by atoms with van der Waals surface area (Å²) in [6, 6.07) is 13.8. The Morgan fingerprint density at radius 1 is 1.00 bits per heavy atom. The zero-order valence-corrected chi connectivity index (χ0v) is 15.2. The van der Waals surface area contributed by atoms with E-state index in [1.165, 1.54) is 0 Å². The molecule has 1 heterocycles. The molecule has 0 saturated heterocycles.